The van der Waals surface area contributed by atoms with Crippen molar-refractivity contribution < 1.29 is 9.90 Å². The van der Waals surface area contributed by atoms with Gasteiger partial charge in [0.15, 0.2) is 6.19 Å². The van der Waals surface area contributed by atoms with Crippen molar-refractivity contribution in [2.24, 2.45) is 0 Å². The van der Waals surface area contributed by atoms with Crippen molar-refractivity contribution in [2.45, 2.75) is 12.8 Å². The zero-order chi connectivity index (χ0) is 11.1. The fraction of sp³-hybridized carbons (Fsp3) is 0.273. The second kappa shape index (κ2) is 5.66. The van der Waals surface area contributed by atoms with E-state index in [9.17, 15) is 4.79 Å². The smallest absolute Gasteiger partial charge is 0.420 e. The van der Waals surface area contributed by atoms with E-state index in [-0.39, 0.29) is 6.54 Å². The van der Waals surface area contributed by atoms with E-state index in [2.05, 4.69) is 0 Å². The number of hydrogen-bond acceptors (Lipinski definition) is 2. The molecule has 1 aromatic carbocycles. The normalized spacial score (nSPS) is 9.27. The average Bonchev–Trinajstić information content (AvgIpc) is 2.25. The Labute approximate surface area is 88.4 Å². The van der Waals surface area contributed by atoms with Crippen LogP contribution in [0.3, 0.4) is 0 Å². The second-order valence-corrected chi connectivity index (χ2v) is 3.12. The first-order valence-corrected chi connectivity index (χ1v) is 4.68. The summed E-state index contributed by atoms with van der Waals surface area (Å²) in [5.41, 5.74) is 1.15. The highest BCUT2D eigenvalue weighted by Crippen LogP contribution is 2.03. The number of nitriles is 1. The van der Waals surface area contributed by atoms with Crippen LogP contribution >= 0.6 is 0 Å². The van der Waals surface area contributed by atoms with Gasteiger partial charge in [0.05, 0.1) is 0 Å². The van der Waals surface area contributed by atoms with E-state index in [1.807, 2.05) is 30.3 Å². The number of hydrogen-bond donors (Lipinski definition) is 1. The summed E-state index contributed by atoms with van der Waals surface area (Å²) in [7, 11) is 0. The SMILES string of the molecule is N#CN(CCCc1ccccc1)C(=O)O. The largest absolute Gasteiger partial charge is 0.464 e. The minimum absolute atomic E-state index is 0.251. The minimum Gasteiger partial charge on any atom is -0.464 e. The number of benzene rings is 1. The monoisotopic (exact) mass is 204 g/mol. The van der Waals surface area contributed by atoms with Crippen LogP contribution in [-0.2, 0) is 6.42 Å². The summed E-state index contributed by atoms with van der Waals surface area (Å²) in [4.78, 5) is 11.2. The van der Waals surface area contributed by atoms with Crippen LogP contribution in [0.1, 0.15) is 12.0 Å². The number of nitrogens with zero attached hydrogens (tertiary/aromatic N) is 2. The lowest BCUT2D eigenvalue weighted by atomic mass is 10.1. The van der Waals surface area contributed by atoms with Crippen molar-refractivity contribution in [3.8, 4) is 6.19 Å². The number of aryl methyl sites for hydroxylation is 1. The third-order valence-corrected chi connectivity index (χ3v) is 2.04. The molecule has 1 N–H and O–H groups in total. The van der Waals surface area contributed by atoms with E-state index in [4.69, 9.17) is 10.4 Å². The van der Waals surface area contributed by atoms with Gasteiger partial charge in [-0.3, -0.25) is 0 Å². The van der Waals surface area contributed by atoms with Gasteiger partial charge < -0.3 is 5.11 Å². The molecule has 4 heteroatoms. The molecule has 0 fully saturated rings. The highest BCUT2D eigenvalue weighted by molar-refractivity contribution is 5.66. The van der Waals surface area contributed by atoms with E-state index in [0.717, 1.165) is 16.9 Å². The van der Waals surface area contributed by atoms with Gasteiger partial charge in [0, 0.05) is 6.54 Å². The number of carbonyl (C=O) groups is 1. The Bertz CT molecular complexity index is 357. The molecule has 0 unspecified atom stereocenters. The Balaban J connectivity index is 2.34. The number of amides is 1. The molecular formula is C11H12N2O2. The summed E-state index contributed by atoms with van der Waals surface area (Å²) in [6, 6.07) is 9.78. The zero-order valence-corrected chi connectivity index (χ0v) is 8.26. The Hall–Kier alpha value is -2.02. The van der Waals surface area contributed by atoms with Crippen LogP contribution in [0.2, 0.25) is 0 Å². The first kappa shape index (κ1) is 11.1. The van der Waals surface area contributed by atoms with E-state index >= 15 is 0 Å². The first-order chi connectivity index (χ1) is 7.24. The van der Waals surface area contributed by atoms with Crippen LogP contribution < -0.4 is 0 Å². The van der Waals surface area contributed by atoms with E-state index < -0.39 is 6.09 Å². The maximum Gasteiger partial charge on any atom is 0.420 e. The maximum atomic E-state index is 10.5. The molecule has 0 aliphatic heterocycles. The van der Waals surface area contributed by atoms with E-state index in [0.29, 0.717) is 6.42 Å². The van der Waals surface area contributed by atoms with Gasteiger partial charge in [0.1, 0.15) is 0 Å². The predicted octanol–water partition coefficient (Wildman–Crippen LogP) is 2.08. The molecule has 0 bridgehead atoms. The number of rotatable bonds is 4. The first-order valence-electron chi connectivity index (χ1n) is 4.68. The van der Waals surface area contributed by atoms with Gasteiger partial charge in [-0.1, -0.05) is 30.3 Å². The van der Waals surface area contributed by atoms with Crippen LogP contribution in [0.15, 0.2) is 30.3 Å². The van der Waals surface area contributed by atoms with Crippen molar-refractivity contribution in [1.29, 1.82) is 5.26 Å². The molecule has 0 saturated heterocycles. The lowest BCUT2D eigenvalue weighted by Crippen LogP contribution is -2.25. The van der Waals surface area contributed by atoms with Gasteiger partial charge >= 0.3 is 6.09 Å². The Morgan fingerprint density at radius 2 is 2.07 bits per heavy atom. The maximum absolute atomic E-state index is 10.5. The Kier molecular flexibility index (Phi) is 4.17. The second-order valence-electron chi connectivity index (χ2n) is 3.12. The van der Waals surface area contributed by atoms with Crippen LogP contribution in [0.5, 0.6) is 0 Å². The number of carboxylic acid groups (broad SMARTS) is 1. The predicted molar refractivity (Wildman–Crippen MR) is 55.1 cm³/mol. The molecule has 15 heavy (non-hydrogen) atoms. The molecule has 78 valence electrons. The van der Waals surface area contributed by atoms with Gasteiger partial charge in [0.2, 0.25) is 0 Å². The van der Waals surface area contributed by atoms with Gasteiger partial charge in [-0.25, -0.2) is 9.69 Å². The lowest BCUT2D eigenvalue weighted by molar-refractivity contribution is 0.165. The third-order valence-electron chi connectivity index (χ3n) is 2.04. The van der Waals surface area contributed by atoms with Gasteiger partial charge in [-0.15, -0.1) is 0 Å². The fourth-order valence-corrected chi connectivity index (χ4v) is 1.27. The van der Waals surface area contributed by atoms with Crippen molar-refractivity contribution >= 4 is 6.09 Å². The molecule has 0 saturated carbocycles. The lowest BCUT2D eigenvalue weighted by Gasteiger charge is -2.08. The molecule has 1 rings (SSSR count). The third kappa shape index (κ3) is 3.69. The molecular weight excluding hydrogens is 192 g/mol. The fourth-order valence-electron chi connectivity index (χ4n) is 1.27. The van der Waals surface area contributed by atoms with Crippen molar-refractivity contribution in [2.75, 3.05) is 6.54 Å². The van der Waals surface area contributed by atoms with Crippen molar-refractivity contribution in [1.82, 2.24) is 4.90 Å². The van der Waals surface area contributed by atoms with Crippen LogP contribution in [0, 0.1) is 11.5 Å². The topological polar surface area (TPSA) is 64.3 Å². The van der Waals surface area contributed by atoms with E-state index in [1.165, 1.54) is 0 Å². The van der Waals surface area contributed by atoms with Gasteiger partial charge in [0.25, 0.3) is 0 Å². The summed E-state index contributed by atoms with van der Waals surface area (Å²) < 4.78 is 0. The van der Waals surface area contributed by atoms with Crippen molar-refractivity contribution in [3.05, 3.63) is 35.9 Å². The van der Waals surface area contributed by atoms with Gasteiger partial charge in [-0.2, -0.15) is 5.26 Å². The molecule has 0 spiro atoms. The highest BCUT2D eigenvalue weighted by atomic mass is 16.4. The summed E-state index contributed by atoms with van der Waals surface area (Å²) in [5.74, 6) is 0. The summed E-state index contributed by atoms with van der Waals surface area (Å²) in [5, 5.41) is 17.1. The zero-order valence-electron chi connectivity index (χ0n) is 8.26. The standard InChI is InChI=1S/C11H12N2O2/c12-9-13(11(14)15)8-4-7-10-5-2-1-3-6-10/h1-3,5-6H,4,7-8H2,(H,14,15). The molecule has 0 atom stereocenters. The molecule has 0 radical (unpaired) electrons. The molecule has 0 heterocycles. The molecule has 1 aromatic rings. The highest BCUT2D eigenvalue weighted by Gasteiger charge is 2.08. The molecule has 1 amide bonds. The van der Waals surface area contributed by atoms with Crippen LogP contribution in [-0.4, -0.2) is 22.6 Å². The summed E-state index contributed by atoms with van der Waals surface area (Å²) in [6.45, 7) is 0.251. The molecule has 4 nitrogen and oxygen atoms in total. The Morgan fingerprint density at radius 3 is 2.60 bits per heavy atom. The minimum atomic E-state index is -1.19. The molecule has 0 aromatic heterocycles. The van der Waals surface area contributed by atoms with Crippen LogP contribution in [0.25, 0.3) is 0 Å². The quantitative estimate of drug-likeness (QED) is 0.603. The Morgan fingerprint density at radius 1 is 1.40 bits per heavy atom. The average molecular weight is 204 g/mol. The van der Waals surface area contributed by atoms with Gasteiger partial charge in [-0.05, 0) is 18.4 Å². The van der Waals surface area contributed by atoms with Crippen molar-refractivity contribution in [3.63, 3.8) is 0 Å². The molecule has 0 aliphatic carbocycles. The van der Waals surface area contributed by atoms with Crippen LogP contribution in [0.4, 0.5) is 4.79 Å². The van der Waals surface area contributed by atoms with E-state index in [1.54, 1.807) is 6.19 Å². The summed E-state index contributed by atoms with van der Waals surface area (Å²) in [6.07, 6.45) is 1.87. The summed E-state index contributed by atoms with van der Waals surface area (Å²) >= 11 is 0. The molecule has 0 aliphatic rings.